The molecule has 1 fully saturated rings. The van der Waals surface area contributed by atoms with Gasteiger partial charge < -0.3 is 5.32 Å². The van der Waals surface area contributed by atoms with Crippen molar-refractivity contribution in [3.63, 3.8) is 0 Å². The molecular weight excluding hydrogens is 376 g/mol. The van der Waals surface area contributed by atoms with Crippen molar-refractivity contribution in [3.8, 4) is 0 Å². The van der Waals surface area contributed by atoms with Crippen LogP contribution in [0, 0.1) is 34.3 Å². The summed E-state index contributed by atoms with van der Waals surface area (Å²) in [6.45, 7) is 12.6. The van der Waals surface area contributed by atoms with Crippen LogP contribution in [0.5, 0.6) is 0 Å². The summed E-state index contributed by atoms with van der Waals surface area (Å²) in [7, 11) is 0. The molecule has 0 aromatic heterocycles. The van der Waals surface area contributed by atoms with Gasteiger partial charge in [0.25, 0.3) is 5.69 Å². The molecule has 5 heteroatoms. The zero-order chi connectivity index (χ0) is 22.3. The van der Waals surface area contributed by atoms with Gasteiger partial charge in [0.1, 0.15) is 0 Å². The summed E-state index contributed by atoms with van der Waals surface area (Å²) in [6.07, 6.45) is 7.52. The molecule has 1 aromatic carbocycles. The Labute approximate surface area is 180 Å². The molecule has 30 heavy (non-hydrogen) atoms. The fourth-order valence-electron chi connectivity index (χ4n) is 5.71. The number of hydrogen-bond acceptors (Lipinski definition) is 4. The maximum absolute atomic E-state index is 13.7. The maximum atomic E-state index is 13.7. The lowest BCUT2D eigenvalue weighted by atomic mass is 9.62. The number of aryl methyl sites for hydroxylation is 1. The minimum absolute atomic E-state index is 0.108. The number of carbonyl (C=O) groups excluding carboxylic acids is 1. The Balaban J connectivity index is 2.07. The van der Waals surface area contributed by atoms with E-state index in [0.29, 0.717) is 17.4 Å². The number of nitro groups is 1. The second kappa shape index (κ2) is 8.16. The first-order valence-electron chi connectivity index (χ1n) is 11.3. The van der Waals surface area contributed by atoms with E-state index in [0.717, 1.165) is 48.9 Å². The van der Waals surface area contributed by atoms with Crippen LogP contribution in [0.25, 0.3) is 5.70 Å². The number of carbonyl (C=O) groups is 1. The molecule has 3 atom stereocenters. The number of nitrogens with zero attached hydrogens (tertiary/aromatic N) is 1. The minimum Gasteiger partial charge on any atom is -0.379 e. The number of benzene rings is 1. The van der Waals surface area contributed by atoms with Gasteiger partial charge in [-0.1, -0.05) is 27.2 Å². The summed E-state index contributed by atoms with van der Waals surface area (Å²) >= 11 is 0. The van der Waals surface area contributed by atoms with Gasteiger partial charge in [-0.05, 0) is 76.3 Å². The lowest BCUT2D eigenvalue weighted by Gasteiger charge is -2.42. The van der Waals surface area contributed by atoms with E-state index in [1.54, 1.807) is 19.1 Å². The largest absolute Gasteiger partial charge is 0.379 e. The Bertz CT molecular complexity index is 887. The lowest BCUT2D eigenvalue weighted by molar-refractivity contribution is -0.385. The highest BCUT2D eigenvalue weighted by Gasteiger charge is 2.42. The summed E-state index contributed by atoms with van der Waals surface area (Å²) in [4.78, 5) is 24.9. The second-order valence-electron chi connectivity index (χ2n) is 10.3. The molecule has 0 saturated heterocycles. The van der Waals surface area contributed by atoms with Gasteiger partial charge in [-0.15, -0.1) is 0 Å². The molecule has 0 bridgehead atoms. The number of rotatable bonds is 5. The van der Waals surface area contributed by atoms with Gasteiger partial charge in [0.15, 0.2) is 5.78 Å². The van der Waals surface area contributed by atoms with Crippen LogP contribution in [0.15, 0.2) is 18.2 Å². The van der Waals surface area contributed by atoms with E-state index in [-0.39, 0.29) is 27.3 Å². The number of hydrogen-bond donors (Lipinski definition) is 1. The van der Waals surface area contributed by atoms with Crippen LogP contribution in [0.3, 0.4) is 0 Å². The Morgan fingerprint density at radius 2 is 2.00 bits per heavy atom. The van der Waals surface area contributed by atoms with Crippen molar-refractivity contribution in [1.82, 2.24) is 5.32 Å². The molecule has 0 spiro atoms. The molecular formula is C25H36N2O3. The first-order chi connectivity index (χ1) is 14.0. The summed E-state index contributed by atoms with van der Waals surface area (Å²) in [6, 6.07) is 3.56. The Morgan fingerprint density at radius 1 is 1.30 bits per heavy atom. The standard InChI is InChI=1S/C25H36N2O3/c1-7-18-9-16(3)13-25(8-2,14-18)23(28)12-21-20-11-22(27(29)30)17(4)10-19(20)15-24(5,6)26-21/h10-12,16,18,26H,7-9,13-15H2,1-6H3/b21-12-. The van der Waals surface area contributed by atoms with Gasteiger partial charge in [-0.3, -0.25) is 14.9 Å². The van der Waals surface area contributed by atoms with E-state index in [4.69, 9.17) is 0 Å². The topological polar surface area (TPSA) is 72.2 Å². The molecule has 1 aromatic rings. The molecule has 0 radical (unpaired) electrons. The smallest absolute Gasteiger partial charge is 0.272 e. The first kappa shape index (κ1) is 22.5. The molecule has 0 amide bonds. The van der Waals surface area contributed by atoms with Crippen LogP contribution >= 0.6 is 0 Å². The number of allylic oxidation sites excluding steroid dienone is 1. The van der Waals surface area contributed by atoms with Crippen LogP contribution < -0.4 is 5.32 Å². The number of ketones is 1. The molecule has 164 valence electrons. The summed E-state index contributed by atoms with van der Waals surface area (Å²) in [5, 5.41) is 15.0. The zero-order valence-electron chi connectivity index (χ0n) is 19.3. The molecule has 1 heterocycles. The van der Waals surface area contributed by atoms with Gasteiger partial charge >= 0.3 is 0 Å². The number of nitro benzene ring substituents is 1. The number of fused-ring (bicyclic) bond motifs is 1. The minimum atomic E-state index is -0.336. The van der Waals surface area contributed by atoms with E-state index in [1.807, 2.05) is 6.07 Å². The molecule has 5 nitrogen and oxygen atoms in total. The SMILES string of the molecule is CCC1CC(C)CC(CC)(C(=O)/C=C2\NC(C)(C)Cc3cc(C)c([N+](=O)[O-])cc32)C1. The quantitative estimate of drug-likeness (QED) is 0.367. The van der Waals surface area contributed by atoms with Gasteiger partial charge in [-0.25, -0.2) is 0 Å². The normalized spacial score (nSPS) is 29.2. The van der Waals surface area contributed by atoms with E-state index in [2.05, 4.69) is 39.9 Å². The monoisotopic (exact) mass is 412 g/mol. The van der Waals surface area contributed by atoms with Gasteiger partial charge in [0, 0.05) is 39.9 Å². The fraction of sp³-hybridized carbons (Fsp3) is 0.640. The Hall–Kier alpha value is -2.17. The van der Waals surface area contributed by atoms with Crippen LogP contribution in [0.1, 0.15) is 83.4 Å². The first-order valence-corrected chi connectivity index (χ1v) is 11.3. The molecule has 1 N–H and O–H groups in total. The van der Waals surface area contributed by atoms with Crippen molar-refractivity contribution in [1.29, 1.82) is 0 Å². The molecule has 3 rings (SSSR count). The van der Waals surface area contributed by atoms with Crippen molar-refractivity contribution in [2.75, 3.05) is 0 Å². The number of nitrogens with one attached hydrogen (secondary N) is 1. The third-order valence-electron chi connectivity index (χ3n) is 7.22. The summed E-state index contributed by atoms with van der Waals surface area (Å²) < 4.78 is 0. The second-order valence-corrected chi connectivity index (χ2v) is 10.3. The highest BCUT2D eigenvalue weighted by molar-refractivity contribution is 6.01. The molecule has 1 aliphatic carbocycles. The maximum Gasteiger partial charge on any atom is 0.272 e. The highest BCUT2D eigenvalue weighted by atomic mass is 16.6. The van der Waals surface area contributed by atoms with Gasteiger partial charge in [0.2, 0.25) is 0 Å². The van der Waals surface area contributed by atoms with Gasteiger partial charge in [-0.2, -0.15) is 0 Å². The average Bonchev–Trinajstić information content (AvgIpc) is 2.65. The van der Waals surface area contributed by atoms with E-state index < -0.39 is 0 Å². The van der Waals surface area contributed by atoms with Crippen molar-refractivity contribution < 1.29 is 9.72 Å². The van der Waals surface area contributed by atoms with Crippen LogP contribution in [0.4, 0.5) is 5.69 Å². The fourth-order valence-corrected chi connectivity index (χ4v) is 5.71. The molecule has 2 aliphatic rings. The predicted molar refractivity (Wildman–Crippen MR) is 121 cm³/mol. The Kier molecular flexibility index (Phi) is 6.13. The van der Waals surface area contributed by atoms with Crippen molar-refractivity contribution in [2.45, 2.75) is 85.6 Å². The van der Waals surface area contributed by atoms with Gasteiger partial charge in [0.05, 0.1) is 4.92 Å². The van der Waals surface area contributed by atoms with Crippen LogP contribution in [-0.4, -0.2) is 16.2 Å². The average molecular weight is 413 g/mol. The zero-order valence-corrected chi connectivity index (χ0v) is 19.3. The molecule has 1 saturated carbocycles. The van der Waals surface area contributed by atoms with E-state index in [9.17, 15) is 14.9 Å². The van der Waals surface area contributed by atoms with Crippen molar-refractivity contribution in [2.24, 2.45) is 17.3 Å². The Morgan fingerprint density at radius 3 is 2.60 bits per heavy atom. The van der Waals surface area contributed by atoms with E-state index in [1.165, 1.54) is 6.42 Å². The third-order valence-corrected chi connectivity index (χ3v) is 7.22. The molecule has 1 aliphatic heterocycles. The third kappa shape index (κ3) is 4.30. The van der Waals surface area contributed by atoms with E-state index >= 15 is 0 Å². The summed E-state index contributed by atoms with van der Waals surface area (Å²) in [5.41, 5.74) is 2.82. The van der Waals surface area contributed by atoms with Crippen molar-refractivity contribution in [3.05, 3.63) is 45.0 Å². The molecule has 3 unspecified atom stereocenters. The van der Waals surface area contributed by atoms with Crippen molar-refractivity contribution >= 4 is 17.2 Å². The lowest BCUT2D eigenvalue weighted by Crippen LogP contribution is -2.44. The van der Waals surface area contributed by atoms with Crippen LogP contribution in [0.2, 0.25) is 0 Å². The van der Waals surface area contributed by atoms with Crippen LogP contribution in [-0.2, 0) is 11.2 Å². The predicted octanol–water partition coefficient (Wildman–Crippen LogP) is 5.98. The summed E-state index contributed by atoms with van der Waals surface area (Å²) in [5.74, 6) is 1.30. The highest BCUT2D eigenvalue weighted by Crippen LogP contribution is 2.47.